The fourth-order valence-electron chi connectivity index (χ4n) is 3.85. The molecular formula is C24H23O12P. The lowest BCUT2D eigenvalue weighted by atomic mass is 9.93. The van der Waals surface area contributed by atoms with Crippen molar-refractivity contribution >= 4 is 19.4 Å². The molecule has 13 heteroatoms. The van der Waals surface area contributed by atoms with E-state index in [0.29, 0.717) is 5.56 Å². The van der Waals surface area contributed by atoms with Gasteiger partial charge < -0.3 is 35.2 Å². The van der Waals surface area contributed by atoms with Crippen molar-refractivity contribution in [2.24, 2.45) is 0 Å². The molecule has 0 bridgehead atoms. The van der Waals surface area contributed by atoms with E-state index in [2.05, 4.69) is 0 Å². The average Bonchev–Trinajstić information content (AvgIpc) is 2.74. The van der Waals surface area contributed by atoms with E-state index in [9.17, 15) is 54.6 Å². The molecule has 0 fully saturated rings. The van der Waals surface area contributed by atoms with E-state index in [-0.39, 0.29) is 37.0 Å². The molecule has 0 saturated carbocycles. The lowest BCUT2D eigenvalue weighted by molar-refractivity contribution is 0.0966. The summed E-state index contributed by atoms with van der Waals surface area (Å²) in [4.78, 5) is 44.0. The topological polar surface area (TPSA) is 222 Å². The monoisotopic (exact) mass is 534 g/mol. The van der Waals surface area contributed by atoms with E-state index in [4.69, 9.17) is 4.52 Å². The molecule has 12 nitrogen and oxygen atoms in total. The van der Waals surface area contributed by atoms with Crippen molar-refractivity contribution < 1.29 is 59.1 Å². The lowest BCUT2D eigenvalue weighted by Crippen LogP contribution is -2.08. The number of ketones is 2. The Hall–Kier alpha value is -4.25. The molecule has 0 aromatic heterocycles. The van der Waals surface area contributed by atoms with E-state index in [0.717, 1.165) is 24.3 Å². The van der Waals surface area contributed by atoms with Crippen LogP contribution in [0.2, 0.25) is 0 Å². The van der Waals surface area contributed by atoms with Gasteiger partial charge in [-0.15, -0.1) is 0 Å². The maximum absolute atomic E-state index is 12.7. The zero-order chi connectivity index (χ0) is 27.5. The number of hydrogen-bond acceptors (Lipinski definition) is 10. The third-order valence-electron chi connectivity index (χ3n) is 5.39. The zero-order valence-corrected chi connectivity index (χ0v) is 19.9. The highest BCUT2D eigenvalue weighted by atomic mass is 31.2. The van der Waals surface area contributed by atoms with Gasteiger partial charge in [0.25, 0.3) is 0 Å². The summed E-state index contributed by atoms with van der Waals surface area (Å²) in [6.07, 6.45) is -0.899. The lowest BCUT2D eigenvalue weighted by Gasteiger charge is -2.16. The number of rotatable bonds is 10. The van der Waals surface area contributed by atoms with E-state index in [1.165, 1.54) is 18.2 Å². The summed E-state index contributed by atoms with van der Waals surface area (Å²) in [6.45, 7) is 0. The maximum atomic E-state index is 12.7. The number of hydrogen-bond donors (Lipinski definition) is 8. The molecule has 0 unspecified atom stereocenters. The van der Waals surface area contributed by atoms with Crippen LogP contribution < -0.4 is 4.52 Å². The largest absolute Gasteiger partial charge is 0.524 e. The number of aryl methyl sites for hydroxylation is 1. The minimum Gasteiger partial charge on any atom is -0.508 e. The Kier molecular flexibility index (Phi) is 7.97. The second-order valence-corrected chi connectivity index (χ2v) is 9.20. The molecule has 0 radical (unpaired) electrons. The van der Waals surface area contributed by atoms with Gasteiger partial charge in [0, 0.05) is 37.1 Å². The molecule has 3 rings (SSSR count). The highest BCUT2D eigenvalue weighted by Gasteiger charge is 2.24. The maximum Gasteiger partial charge on any atom is 0.524 e. The number of phenols is 6. The van der Waals surface area contributed by atoms with Crippen LogP contribution in [0, 0.1) is 0 Å². The van der Waals surface area contributed by atoms with Crippen molar-refractivity contribution in [2.45, 2.75) is 25.7 Å². The number of phosphoric acid groups is 1. The van der Waals surface area contributed by atoms with Gasteiger partial charge in [0.05, 0.1) is 0 Å². The van der Waals surface area contributed by atoms with Crippen LogP contribution in [-0.2, 0) is 17.4 Å². The summed E-state index contributed by atoms with van der Waals surface area (Å²) in [5, 5.41) is 58.6. The molecule has 8 N–H and O–H groups in total. The highest BCUT2D eigenvalue weighted by Crippen LogP contribution is 2.41. The minimum absolute atomic E-state index is 0.0593. The predicted molar refractivity (Wildman–Crippen MR) is 127 cm³/mol. The number of carbonyl (C=O) groups excluding carboxylic acids is 2. The van der Waals surface area contributed by atoms with Crippen LogP contribution in [0.15, 0.2) is 42.5 Å². The Labute approximate surface area is 209 Å². The fraction of sp³-hybridized carbons (Fsp3) is 0.167. The van der Waals surface area contributed by atoms with Crippen molar-refractivity contribution in [1.29, 1.82) is 0 Å². The Morgan fingerprint density at radius 1 is 0.703 bits per heavy atom. The molecule has 0 aliphatic heterocycles. The third kappa shape index (κ3) is 6.70. The number of Topliss-reactive ketones (excluding diaryl/α,β-unsaturated/α-hetero) is 2. The molecule has 37 heavy (non-hydrogen) atoms. The Bertz CT molecular complexity index is 1360. The van der Waals surface area contributed by atoms with Gasteiger partial charge in [0.1, 0.15) is 51.4 Å². The van der Waals surface area contributed by atoms with Crippen molar-refractivity contribution in [2.75, 3.05) is 0 Å². The van der Waals surface area contributed by atoms with Crippen LogP contribution in [0.3, 0.4) is 0 Å². The van der Waals surface area contributed by atoms with Crippen molar-refractivity contribution in [3.63, 3.8) is 0 Å². The standard InChI is InChI=1S/C24H23O12P/c25-13-8-18(29)23(19(30)9-13)16(27)6-4-12-2-1-3-22(36-37(33,34)35)15(12)5-7-17(28)24-20(31)10-14(26)11-21(24)32/h1-3,8-11,25-26,29-32H,4-7H2,(H2,33,34,35). The number of benzene rings is 3. The van der Waals surface area contributed by atoms with Gasteiger partial charge >= 0.3 is 7.82 Å². The van der Waals surface area contributed by atoms with Crippen molar-refractivity contribution in [3.8, 4) is 40.2 Å². The van der Waals surface area contributed by atoms with Gasteiger partial charge in [-0.3, -0.25) is 19.4 Å². The van der Waals surface area contributed by atoms with Crippen LogP contribution in [0.1, 0.15) is 44.7 Å². The van der Waals surface area contributed by atoms with Crippen LogP contribution in [0.25, 0.3) is 0 Å². The molecule has 3 aromatic rings. The van der Waals surface area contributed by atoms with E-state index in [1.54, 1.807) is 0 Å². The molecular weight excluding hydrogens is 511 g/mol. The molecule has 0 aliphatic rings. The second kappa shape index (κ2) is 10.8. The van der Waals surface area contributed by atoms with Gasteiger partial charge in [-0.05, 0) is 30.0 Å². The molecule has 0 spiro atoms. The molecule has 0 aliphatic carbocycles. The summed E-state index contributed by atoms with van der Waals surface area (Å²) >= 11 is 0. The fourth-order valence-corrected chi connectivity index (χ4v) is 4.27. The summed E-state index contributed by atoms with van der Waals surface area (Å²) < 4.78 is 16.2. The second-order valence-electron chi connectivity index (χ2n) is 8.04. The number of carbonyl (C=O) groups is 2. The van der Waals surface area contributed by atoms with Crippen molar-refractivity contribution in [3.05, 3.63) is 64.7 Å². The normalized spacial score (nSPS) is 11.3. The van der Waals surface area contributed by atoms with Crippen molar-refractivity contribution in [1.82, 2.24) is 0 Å². The number of aromatic hydroxyl groups is 6. The number of phosphoric ester groups is 1. The number of phenolic OH excluding ortho intramolecular Hbond substituents is 6. The molecule has 0 atom stereocenters. The molecule has 196 valence electrons. The van der Waals surface area contributed by atoms with Gasteiger partial charge in [-0.1, -0.05) is 12.1 Å². The molecule has 0 heterocycles. The molecule has 0 saturated heterocycles. The summed E-state index contributed by atoms with van der Waals surface area (Å²) in [5.74, 6) is -5.24. The Balaban J connectivity index is 1.89. The predicted octanol–water partition coefficient (Wildman–Crippen LogP) is 3.02. The smallest absolute Gasteiger partial charge is 0.508 e. The van der Waals surface area contributed by atoms with E-state index >= 15 is 0 Å². The van der Waals surface area contributed by atoms with Crippen LogP contribution in [0.4, 0.5) is 0 Å². The summed E-state index contributed by atoms with van der Waals surface area (Å²) in [5.41, 5.74) is -0.371. The van der Waals surface area contributed by atoms with Crippen LogP contribution in [0.5, 0.6) is 40.2 Å². The summed E-state index contributed by atoms with van der Waals surface area (Å²) in [7, 11) is -5.01. The minimum atomic E-state index is -5.01. The zero-order valence-electron chi connectivity index (χ0n) is 19.0. The Morgan fingerprint density at radius 3 is 1.57 bits per heavy atom. The van der Waals surface area contributed by atoms with Gasteiger partial charge in [0.15, 0.2) is 11.6 Å². The Morgan fingerprint density at radius 2 is 1.14 bits per heavy atom. The molecule has 3 aromatic carbocycles. The first-order chi connectivity index (χ1) is 17.3. The van der Waals surface area contributed by atoms with Crippen LogP contribution in [-0.4, -0.2) is 52.0 Å². The van der Waals surface area contributed by atoms with Gasteiger partial charge in [0.2, 0.25) is 0 Å². The first-order valence-electron chi connectivity index (χ1n) is 10.7. The van der Waals surface area contributed by atoms with Gasteiger partial charge in [-0.25, -0.2) is 4.57 Å². The average molecular weight is 534 g/mol. The SMILES string of the molecule is O=C(CCc1cccc(OP(=O)(O)O)c1CCC(=O)c1c(O)cc(O)cc1O)c1c(O)cc(O)cc1O. The van der Waals surface area contributed by atoms with Gasteiger partial charge in [-0.2, -0.15) is 0 Å². The third-order valence-corrected chi connectivity index (χ3v) is 5.83. The first-order valence-corrected chi connectivity index (χ1v) is 12.2. The van der Waals surface area contributed by atoms with Crippen LogP contribution >= 0.6 is 7.82 Å². The quantitative estimate of drug-likeness (QED) is 0.139. The molecule has 0 amide bonds. The van der Waals surface area contributed by atoms with E-state index in [1.807, 2.05) is 0 Å². The van der Waals surface area contributed by atoms with E-state index < -0.39 is 65.0 Å². The summed E-state index contributed by atoms with van der Waals surface area (Å²) in [6, 6.07) is 7.66. The first kappa shape index (κ1) is 27.3. The highest BCUT2D eigenvalue weighted by molar-refractivity contribution is 7.46.